The average molecular weight is 474 g/mol. The molecule has 0 aromatic heterocycles. The number of hydrogen-bond acceptors (Lipinski definition) is 3. The van der Waals surface area contributed by atoms with Gasteiger partial charge in [0.05, 0.1) is 0 Å². The molecule has 3 saturated carbocycles. The molecule has 4 aliphatic rings. The van der Waals surface area contributed by atoms with Crippen molar-refractivity contribution in [1.82, 2.24) is 15.5 Å². The Balaban J connectivity index is 1.58. The van der Waals surface area contributed by atoms with Crippen molar-refractivity contribution in [2.75, 3.05) is 13.1 Å². The number of amides is 2. The Morgan fingerprint density at radius 3 is 2.58 bits per heavy atom. The second kappa shape index (κ2) is 8.66. The lowest BCUT2D eigenvalue weighted by Gasteiger charge is -2.58. The van der Waals surface area contributed by atoms with Gasteiger partial charge in [0, 0.05) is 30.5 Å². The minimum absolute atomic E-state index is 0.0174. The van der Waals surface area contributed by atoms with Gasteiger partial charge in [-0.1, -0.05) is 40.7 Å². The number of thiocarbonyl (C=S) groups is 1. The Hall–Kier alpha value is -1.43. The summed E-state index contributed by atoms with van der Waals surface area (Å²) < 4.78 is 0. The zero-order valence-electron chi connectivity index (χ0n) is 21.4. The molecule has 5 nitrogen and oxygen atoms in total. The highest BCUT2D eigenvalue weighted by molar-refractivity contribution is 7.80. The van der Waals surface area contributed by atoms with Crippen molar-refractivity contribution in [3.8, 4) is 0 Å². The van der Waals surface area contributed by atoms with Gasteiger partial charge in [-0.25, -0.2) is 0 Å². The van der Waals surface area contributed by atoms with E-state index < -0.39 is 0 Å². The van der Waals surface area contributed by atoms with Gasteiger partial charge in [0.1, 0.15) is 0 Å². The molecule has 0 aromatic rings. The summed E-state index contributed by atoms with van der Waals surface area (Å²) in [6.45, 7) is 14.6. The molecule has 0 radical (unpaired) electrons. The first-order chi connectivity index (χ1) is 15.4. The summed E-state index contributed by atoms with van der Waals surface area (Å²) in [6.07, 6.45) is 10.4. The van der Waals surface area contributed by atoms with E-state index in [0.29, 0.717) is 29.4 Å². The van der Waals surface area contributed by atoms with E-state index in [1.807, 2.05) is 11.8 Å². The molecule has 33 heavy (non-hydrogen) atoms. The Kier molecular flexibility index (Phi) is 6.48. The topological polar surface area (TPSA) is 61.4 Å². The maximum Gasteiger partial charge on any atom is 0.243 e. The predicted molar refractivity (Wildman–Crippen MR) is 136 cm³/mol. The van der Waals surface area contributed by atoms with Crippen molar-refractivity contribution in [2.24, 2.45) is 39.9 Å². The van der Waals surface area contributed by atoms with Crippen LogP contribution < -0.4 is 10.6 Å². The number of fused-ring (bicyclic) bond motifs is 5. The molecule has 2 amide bonds. The molecule has 2 unspecified atom stereocenters. The molecule has 2 N–H and O–H groups in total. The number of nitrogens with one attached hydrogen (secondary N) is 2. The molecular weight excluding hydrogens is 430 g/mol. The van der Waals surface area contributed by atoms with E-state index in [4.69, 9.17) is 12.2 Å². The molecule has 4 rings (SSSR count). The lowest BCUT2D eigenvalue weighted by molar-refractivity contribution is -0.141. The Bertz CT molecular complexity index is 849. The van der Waals surface area contributed by atoms with E-state index in [0.717, 1.165) is 45.1 Å². The van der Waals surface area contributed by atoms with Crippen LogP contribution in [0, 0.1) is 39.9 Å². The van der Waals surface area contributed by atoms with Gasteiger partial charge < -0.3 is 10.6 Å². The molecule has 6 heteroatoms. The zero-order valence-corrected chi connectivity index (χ0v) is 22.2. The van der Waals surface area contributed by atoms with E-state index in [9.17, 15) is 9.59 Å². The van der Waals surface area contributed by atoms with Gasteiger partial charge in [-0.2, -0.15) is 0 Å². The fourth-order valence-corrected chi connectivity index (χ4v) is 8.20. The SMILES string of the molecule is CCNC(=S)N(CC(C)(C)C)C(=O)C1CC[C@H]2[C@@H]3CCC4NC(=O)C=C[C@]4(C)[C@@H]3CC[C@]12C. The second-order valence-electron chi connectivity index (χ2n) is 12.7. The summed E-state index contributed by atoms with van der Waals surface area (Å²) in [7, 11) is 0. The summed E-state index contributed by atoms with van der Waals surface area (Å²) in [5.74, 6) is 2.09. The third-order valence-corrected chi connectivity index (χ3v) is 9.82. The van der Waals surface area contributed by atoms with Crippen LogP contribution in [0.25, 0.3) is 0 Å². The molecule has 0 bridgehead atoms. The van der Waals surface area contributed by atoms with Gasteiger partial charge in [-0.15, -0.1) is 0 Å². The standard InChI is InChI=1S/C27H43N3O2S/c1-7-28-24(33)30(16-25(2,3)4)23(32)20-10-9-18-17-8-11-21-27(6,15-13-22(31)29-21)19(17)12-14-26(18,20)5/h13,15,17-21H,7-12,14,16H2,1-6H3,(H,28,33)(H,29,31)/t17-,18-,19+,20?,21?,26-,27+/m0/s1. The minimum atomic E-state index is -0.0174. The first kappa shape index (κ1) is 24.7. The summed E-state index contributed by atoms with van der Waals surface area (Å²) in [5.41, 5.74) is 0.0443. The third-order valence-electron chi connectivity index (χ3n) is 9.46. The van der Waals surface area contributed by atoms with Crippen LogP contribution in [-0.4, -0.2) is 41.0 Å². The fraction of sp³-hybridized carbons (Fsp3) is 0.815. The summed E-state index contributed by atoms with van der Waals surface area (Å²) in [6, 6.07) is 0.249. The summed E-state index contributed by atoms with van der Waals surface area (Å²) in [4.78, 5) is 27.9. The number of carbonyl (C=O) groups excluding carboxylic acids is 2. The molecule has 1 heterocycles. The van der Waals surface area contributed by atoms with Crippen LogP contribution in [0.5, 0.6) is 0 Å². The molecule has 3 fully saturated rings. The zero-order chi connectivity index (χ0) is 24.2. The maximum absolute atomic E-state index is 14.0. The van der Waals surface area contributed by atoms with Gasteiger partial charge in [-0.3, -0.25) is 14.5 Å². The highest BCUT2D eigenvalue weighted by Crippen LogP contribution is 2.65. The Labute approximate surface area is 205 Å². The van der Waals surface area contributed by atoms with Crippen molar-refractivity contribution in [3.05, 3.63) is 12.2 Å². The fourth-order valence-electron chi connectivity index (χ4n) is 7.90. The van der Waals surface area contributed by atoms with E-state index >= 15 is 0 Å². The first-order valence-electron chi connectivity index (χ1n) is 13.0. The van der Waals surface area contributed by atoms with Gasteiger partial charge in [0.25, 0.3) is 0 Å². The second-order valence-corrected chi connectivity index (χ2v) is 13.1. The van der Waals surface area contributed by atoms with E-state index in [2.05, 4.69) is 51.3 Å². The van der Waals surface area contributed by atoms with Crippen molar-refractivity contribution in [2.45, 2.75) is 86.1 Å². The molecule has 3 aliphatic carbocycles. The molecule has 0 aromatic carbocycles. The molecular formula is C27H43N3O2S. The first-order valence-corrected chi connectivity index (χ1v) is 13.4. The smallest absolute Gasteiger partial charge is 0.243 e. The molecule has 184 valence electrons. The van der Waals surface area contributed by atoms with Gasteiger partial charge in [-0.05, 0) is 92.3 Å². The summed E-state index contributed by atoms with van der Waals surface area (Å²) in [5, 5.41) is 7.06. The average Bonchev–Trinajstić information content (AvgIpc) is 3.09. The van der Waals surface area contributed by atoms with Gasteiger partial charge in [0.15, 0.2) is 5.11 Å². The monoisotopic (exact) mass is 473 g/mol. The Morgan fingerprint density at radius 2 is 1.91 bits per heavy atom. The lowest BCUT2D eigenvalue weighted by atomic mass is 9.48. The van der Waals surface area contributed by atoms with E-state index in [-0.39, 0.29) is 40.0 Å². The van der Waals surface area contributed by atoms with E-state index in [1.165, 1.54) is 0 Å². The largest absolute Gasteiger partial charge is 0.362 e. The highest BCUT2D eigenvalue weighted by Gasteiger charge is 2.61. The molecule has 0 spiro atoms. The number of hydrogen-bond donors (Lipinski definition) is 2. The highest BCUT2D eigenvalue weighted by atomic mass is 32.1. The van der Waals surface area contributed by atoms with Crippen LogP contribution in [0.4, 0.5) is 0 Å². The number of rotatable bonds is 3. The van der Waals surface area contributed by atoms with Crippen LogP contribution in [-0.2, 0) is 9.59 Å². The number of carbonyl (C=O) groups is 2. The van der Waals surface area contributed by atoms with E-state index in [1.54, 1.807) is 6.08 Å². The quantitative estimate of drug-likeness (QED) is 0.585. The van der Waals surface area contributed by atoms with Crippen LogP contribution in [0.1, 0.15) is 80.1 Å². The molecule has 7 atom stereocenters. The Morgan fingerprint density at radius 1 is 1.18 bits per heavy atom. The van der Waals surface area contributed by atoms with Crippen molar-refractivity contribution >= 4 is 29.1 Å². The lowest BCUT2D eigenvalue weighted by Crippen LogP contribution is -2.60. The summed E-state index contributed by atoms with van der Waals surface area (Å²) >= 11 is 5.67. The van der Waals surface area contributed by atoms with Gasteiger partial charge >= 0.3 is 0 Å². The van der Waals surface area contributed by atoms with Crippen LogP contribution >= 0.6 is 12.2 Å². The van der Waals surface area contributed by atoms with Crippen LogP contribution in [0.2, 0.25) is 0 Å². The predicted octanol–water partition coefficient (Wildman–Crippen LogP) is 4.67. The minimum Gasteiger partial charge on any atom is -0.362 e. The number of nitrogens with zero attached hydrogens (tertiary/aromatic N) is 1. The van der Waals surface area contributed by atoms with Crippen molar-refractivity contribution < 1.29 is 9.59 Å². The third kappa shape index (κ3) is 4.26. The van der Waals surface area contributed by atoms with Crippen LogP contribution in [0.15, 0.2) is 12.2 Å². The molecule has 1 aliphatic heterocycles. The normalized spacial score (nSPS) is 39.7. The maximum atomic E-state index is 14.0. The van der Waals surface area contributed by atoms with Crippen molar-refractivity contribution in [3.63, 3.8) is 0 Å². The van der Waals surface area contributed by atoms with Crippen molar-refractivity contribution in [1.29, 1.82) is 0 Å². The van der Waals surface area contributed by atoms with Gasteiger partial charge in [0.2, 0.25) is 11.8 Å². The van der Waals surface area contributed by atoms with Crippen LogP contribution in [0.3, 0.4) is 0 Å². The molecule has 0 saturated heterocycles.